The smallest absolute Gasteiger partial charge is 0.279 e. The van der Waals surface area contributed by atoms with Crippen molar-refractivity contribution in [1.29, 1.82) is 0 Å². The van der Waals surface area contributed by atoms with Gasteiger partial charge in [0.25, 0.3) is 5.91 Å². The fourth-order valence-electron chi connectivity index (χ4n) is 3.63. The number of piperazine rings is 1. The summed E-state index contributed by atoms with van der Waals surface area (Å²) in [6, 6.07) is 12.0. The number of methoxy groups -OCH3 is 2. The van der Waals surface area contributed by atoms with E-state index in [1.807, 2.05) is 24.3 Å². The second-order valence-electron chi connectivity index (χ2n) is 7.06. The first-order valence-electron chi connectivity index (χ1n) is 9.51. The van der Waals surface area contributed by atoms with E-state index in [0.717, 1.165) is 44.0 Å². The van der Waals surface area contributed by atoms with Crippen LogP contribution >= 0.6 is 0 Å². The Balaban J connectivity index is 1.49. The second-order valence-corrected chi connectivity index (χ2v) is 7.06. The van der Waals surface area contributed by atoms with Gasteiger partial charge in [-0.05, 0) is 30.3 Å². The number of hydrogen-bond donors (Lipinski definition) is 3. The maximum Gasteiger partial charge on any atom is 0.279 e. The Morgan fingerprint density at radius 3 is 2.39 bits per heavy atom. The number of carbonyl (C=O) groups excluding carboxylic acids is 1. The van der Waals surface area contributed by atoms with Gasteiger partial charge < -0.3 is 24.6 Å². The zero-order valence-electron chi connectivity index (χ0n) is 16.4. The lowest BCUT2D eigenvalue weighted by Crippen LogP contribution is -3.28. The molecule has 2 aromatic carbocycles. The molecular weight excluding hydrogens is 361 g/mol. The van der Waals surface area contributed by atoms with Crippen LogP contribution in [0.15, 0.2) is 42.5 Å². The summed E-state index contributed by atoms with van der Waals surface area (Å²) in [4.78, 5) is 15.0. The van der Waals surface area contributed by atoms with Crippen LogP contribution in [0.2, 0.25) is 0 Å². The van der Waals surface area contributed by atoms with E-state index in [9.17, 15) is 9.18 Å². The summed E-state index contributed by atoms with van der Waals surface area (Å²) in [6.45, 7) is 4.79. The van der Waals surface area contributed by atoms with Crippen molar-refractivity contribution >= 4 is 11.6 Å². The van der Waals surface area contributed by atoms with E-state index >= 15 is 0 Å². The lowest BCUT2D eigenvalue weighted by atomic mass is 10.1. The predicted octanol–water partition coefficient (Wildman–Crippen LogP) is -0.235. The van der Waals surface area contributed by atoms with Crippen molar-refractivity contribution in [3.63, 3.8) is 0 Å². The van der Waals surface area contributed by atoms with Crippen LogP contribution in [0.25, 0.3) is 0 Å². The number of para-hydroxylation sites is 2. The minimum Gasteiger partial charge on any atom is -0.496 e. The van der Waals surface area contributed by atoms with E-state index < -0.39 is 0 Å². The molecule has 1 aliphatic heterocycles. The number of carbonyl (C=O) groups is 1. The zero-order chi connectivity index (χ0) is 19.9. The molecule has 0 unspecified atom stereocenters. The van der Waals surface area contributed by atoms with Gasteiger partial charge in [0, 0.05) is 0 Å². The number of rotatable bonds is 7. The zero-order valence-corrected chi connectivity index (χ0v) is 16.4. The number of halogens is 1. The van der Waals surface area contributed by atoms with Crippen molar-refractivity contribution < 1.29 is 28.5 Å². The van der Waals surface area contributed by atoms with E-state index in [4.69, 9.17) is 9.47 Å². The molecule has 7 heteroatoms. The van der Waals surface area contributed by atoms with Crippen LogP contribution < -0.4 is 24.6 Å². The number of nitrogens with one attached hydrogen (secondary N) is 3. The van der Waals surface area contributed by atoms with Crippen molar-refractivity contribution in [1.82, 2.24) is 0 Å². The van der Waals surface area contributed by atoms with Crippen molar-refractivity contribution in [2.45, 2.75) is 6.54 Å². The normalized spacial score (nSPS) is 19.1. The number of benzene rings is 2. The number of quaternary nitrogens is 2. The van der Waals surface area contributed by atoms with E-state index in [2.05, 4.69) is 5.32 Å². The average Bonchev–Trinajstić information content (AvgIpc) is 2.70. The predicted molar refractivity (Wildman–Crippen MR) is 105 cm³/mol. The first-order chi connectivity index (χ1) is 13.6. The molecule has 0 bridgehead atoms. The molecule has 150 valence electrons. The molecule has 0 radical (unpaired) electrons. The molecule has 2 aromatic rings. The Kier molecular flexibility index (Phi) is 6.84. The van der Waals surface area contributed by atoms with Gasteiger partial charge in [0.1, 0.15) is 50.0 Å². The molecule has 1 fully saturated rings. The molecule has 0 saturated carbocycles. The van der Waals surface area contributed by atoms with Gasteiger partial charge in [-0.2, -0.15) is 0 Å². The van der Waals surface area contributed by atoms with Crippen LogP contribution in [-0.2, 0) is 11.3 Å². The molecule has 0 spiro atoms. The third-order valence-electron chi connectivity index (χ3n) is 5.14. The highest BCUT2D eigenvalue weighted by Gasteiger charge is 2.26. The van der Waals surface area contributed by atoms with E-state index in [-0.39, 0.29) is 11.7 Å². The molecule has 3 N–H and O–H groups in total. The van der Waals surface area contributed by atoms with Crippen LogP contribution in [0.1, 0.15) is 5.56 Å². The minimum atomic E-state index is -0.243. The summed E-state index contributed by atoms with van der Waals surface area (Å²) in [5, 5.41) is 2.93. The quantitative estimate of drug-likeness (QED) is 0.613. The summed E-state index contributed by atoms with van der Waals surface area (Å²) < 4.78 is 24.2. The second kappa shape index (κ2) is 9.52. The maximum absolute atomic E-state index is 13.6. The van der Waals surface area contributed by atoms with E-state index in [0.29, 0.717) is 18.0 Å². The average molecular weight is 389 g/mol. The third kappa shape index (κ3) is 5.21. The topological polar surface area (TPSA) is 56.4 Å². The van der Waals surface area contributed by atoms with Gasteiger partial charge in [0.15, 0.2) is 6.54 Å². The number of amides is 1. The van der Waals surface area contributed by atoms with Crippen LogP contribution in [0.4, 0.5) is 10.1 Å². The Morgan fingerprint density at radius 1 is 1.00 bits per heavy atom. The molecule has 0 aromatic heterocycles. The van der Waals surface area contributed by atoms with Gasteiger partial charge in [-0.15, -0.1) is 0 Å². The summed E-state index contributed by atoms with van der Waals surface area (Å²) in [5.74, 6) is 1.12. The molecule has 1 aliphatic rings. The molecule has 1 heterocycles. The summed E-state index contributed by atoms with van der Waals surface area (Å²) in [7, 11) is 3.19. The SMILES string of the molecule is COc1ccc(F)cc1C[NH+]1CC[NH+](CC(=O)Nc2ccccc2OC)CC1. The lowest BCUT2D eigenvalue weighted by molar-refractivity contribution is -1.02. The van der Waals surface area contributed by atoms with Gasteiger partial charge in [-0.1, -0.05) is 12.1 Å². The largest absolute Gasteiger partial charge is 0.496 e. The lowest BCUT2D eigenvalue weighted by Gasteiger charge is -2.29. The minimum absolute atomic E-state index is 0.0188. The molecule has 6 nitrogen and oxygen atoms in total. The summed E-state index contributed by atoms with van der Waals surface area (Å²) in [5.41, 5.74) is 1.58. The summed E-state index contributed by atoms with van der Waals surface area (Å²) >= 11 is 0. The number of anilines is 1. The van der Waals surface area contributed by atoms with Gasteiger partial charge in [0.2, 0.25) is 0 Å². The van der Waals surface area contributed by atoms with Crippen molar-refractivity contribution in [3.8, 4) is 11.5 Å². The van der Waals surface area contributed by atoms with Crippen LogP contribution in [-0.4, -0.2) is 52.9 Å². The standard InChI is InChI=1S/C21H26FN3O3/c1-27-19-8-7-17(22)13-16(19)14-24-9-11-25(12-10-24)15-21(26)23-18-5-3-4-6-20(18)28-2/h3-8,13H,9-12,14-15H2,1-2H3,(H,23,26)/p+2. The Morgan fingerprint density at radius 2 is 1.68 bits per heavy atom. The van der Waals surface area contributed by atoms with E-state index in [1.165, 1.54) is 15.9 Å². The fourth-order valence-corrected chi connectivity index (χ4v) is 3.63. The molecule has 28 heavy (non-hydrogen) atoms. The van der Waals surface area contributed by atoms with Gasteiger partial charge >= 0.3 is 0 Å². The van der Waals surface area contributed by atoms with Crippen molar-refractivity contribution in [2.24, 2.45) is 0 Å². The van der Waals surface area contributed by atoms with Gasteiger partial charge in [0.05, 0.1) is 25.5 Å². The molecule has 3 rings (SSSR count). The summed E-state index contributed by atoms with van der Waals surface area (Å²) in [6.07, 6.45) is 0. The Labute approximate surface area is 164 Å². The van der Waals surface area contributed by atoms with Crippen molar-refractivity contribution in [2.75, 3.05) is 52.3 Å². The number of hydrogen-bond acceptors (Lipinski definition) is 3. The molecular formula is C21H28FN3O3+2. The molecule has 0 aliphatic carbocycles. The highest BCUT2D eigenvalue weighted by atomic mass is 19.1. The third-order valence-corrected chi connectivity index (χ3v) is 5.14. The first kappa shape index (κ1) is 20.1. The Hall–Kier alpha value is -2.64. The number of ether oxygens (including phenoxy) is 2. The fraction of sp³-hybridized carbons (Fsp3) is 0.381. The molecule has 0 atom stereocenters. The Bertz CT molecular complexity index is 807. The monoisotopic (exact) mass is 389 g/mol. The van der Waals surface area contributed by atoms with Gasteiger partial charge in [-0.3, -0.25) is 4.79 Å². The van der Waals surface area contributed by atoms with Gasteiger partial charge in [-0.25, -0.2) is 4.39 Å². The van der Waals surface area contributed by atoms with Crippen LogP contribution in [0.3, 0.4) is 0 Å². The van der Waals surface area contributed by atoms with Crippen molar-refractivity contribution in [3.05, 3.63) is 53.8 Å². The molecule has 1 amide bonds. The molecule has 1 saturated heterocycles. The van der Waals surface area contributed by atoms with Crippen LogP contribution in [0, 0.1) is 5.82 Å². The highest BCUT2D eigenvalue weighted by molar-refractivity contribution is 5.92. The highest BCUT2D eigenvalue weighted by Crippen LogP contribution is 2.22. The van der Waals surface area contributed by atoms with E-state index in [1.54, 1.807) is 26.4 Å². The first-order valence-corrected chi connectivity index (χ1v) is 9.51. The maximum atomic E-state index is 13.6. The van der Waals surface area contributed by atoms with Crippen LogP contribution in [0.5, 0.6) is 11.5 Å².